The lowest BCUT2D eigenvalue weighted by atomic mass is 10.1. The largest absolute Gasteiger partial charge is 0.370 e. The molecule has 19 heavy (non-hydrogen) atoms. The number of rotatable bonds is 4. The first kappa shape index (κ1) is 13.5. The summed E-state index contributed by atoms with van der Waals surface area (Å²) in [5, 5.41) is 3.27. The highest BCUT2D eigenvalue weighted by molar-refractivity contribution is 5.36. The topological polar surface area (TPSA) is 37.8 Å². The summed E-state index contributed by atoms with van der Waals surface area (Å²) in [5.41, 5.74) is 3.08. The molecule has 0 fully saturated rings. The van der Waals surface area contributed by atoms with Crippen molar-refractivity contribution in [1.82, 2.24) is 9.97 Å². The van der Waals surface area contributed by atoms with Crippen molar-refractivity contribution in [3.63, 3.8) is 0 Å². The van der Waals surface area contributed by atoms with Crippen LogP contribution in [0.1, 0.15) is 22.6 Å². The standard InChI is InChI=1S/C15H18FN3/c1-10-8-14(16)5-4-13(10)6-7-17-15-9-11(2)18-12(3)19-15/h4-5,8-9H,6-7H2,1-3H3,(H,17,18,19). The van der Waals surface area contributed by atoms with E-state index in [1.165, 1.54) is 6.07 Å². The Morgan fingerprint density at radius 3 is 2.58 bits per heavy atom. The molecule has 0 radical (unpaired) electrons. The Bertz CT molecular complexity index is 561. The zero-order chi connectivity index (χ0) is 13.8. The minimum Gasteiger partial charge on any atom is -0.370 e. The second-order valence-electron chi connectivity index (χ2n) is 4.69. The molecule has 0 aliphatic carbocycles. The van der Waals surface area contributed by atoms with E-state index in [1.807, 2.05) is 32.9 Å². The van der Waals surface area contributed by atoms with Crippen LogP contribution in [0.2, 0.25) is 0 Å². The Labute approximate surface area is 112 Å². The zero-order valence-electron chi connectivity index (χ0n) is 11.5. The summed E-state index contributed by atoms with van der Waals surface area (Å²) in [7, 11) is 0. The quantitative estimate of drug-likeness (QED) is 0.916. The maximum absolute atomic E-state index is 13.0. The summed E-state index contributed by atoms with van der Waals surface area (Å²) in [6.07, 6.45) is 0.841. The first-order valence-electron chi connectivity index (χ1n) is 6.36. The summed E-state index contributed by atoms with van der Waals surface area (Å²) in [6, 6.07) is 6.82. The van der Waals surface area contributed by atoms with Gasteiger partial charge >= 0.3 is 0 Å². The number of hydrogen-bond acceptors (Lipinski definition) is 3. The van der Waals surface area contributed by atoms with Crippen LogP contribution in [0.3, 0.4) is 0 Å². The molecule has 0 amide bonds. The Hall–Kier alpha value is -1.97. The molecule has 0 aliphatic heterocycles. The summed E-state index contributed by atoms with van der Waals surface area (Å²) < 4.78 is 13.0. The van der Waals surface area contributed by atoms with Crippen LogP contribution in [0.15, 0.2) is 24.3 Å². The van der Waals surface area contributed by atoms with E-state index in [-0.39, 0.29) is 5.82 Å². The monoisotopic (exact) mass is 259 g/mol. The van der Waals surface area contributed by atoms with Crippen LogP contribution in [-0.4, -0.2) is 16.5 Å². The van der Waals surface area contributed by atoms with Crippen molar-refractivity contribution in [2.45, 2.75) is 27.2 Å². The number of hydrogen-bond donors (Lipinski definition) is 1. The average molecular weight is 259 g/mol. The van der Waals surface area contributed by atoms with Gasteiger partial charge in [-0.1, -0.05) is 6.07 Å². The minimum absolute atomic E-state index is 0.184. The predicted molar refractivity (Wildman–Crippen MR) is 74.8 cm³/mol. The number of aryl methyl sites for hydroxylation is 3. The molecular formula is C15H18FN3. The van der Waals surface area contributed by atoms with Crippen LogP contribution >= 0.6 is 0 Å². The van der Waals surface area contributed by atoms with Crippen LogP contribution in [0.25, 0.3) is 0 Å². The molecular weight excluding hydrogens is 241 g/mol. The van der Waals surface area contributed by atoms with Crippen molar-refractivity contribution < 1.29 is 4.39 Å². The molecule has 0 saturated carbocycles. The highest BCUT2D eigenvalue weighted by Crippen LogP contribution is 2.11. The van der Waals surface area contributed by atoms with Crippen LogP contribution in [0.4, 0.5) is 10.2 Å². The fraction of sp³-hybridized carbons (Fsp3) is 0.333. The van der Waals surface area contributed by atoms with Crippen LogP contribution in [-0.2, 0) is 6.42 Å². The van der Waals surface area contributed by atoms with Gasteiger partial charge in [-0.15, -0.1) is 0 Å². The average Bonchev–Trinajstić information content (AvgIpc) is 2.30. The van der Waals surface area contributed by atoms with Gasteiger partial charge in [0.1, 0.15) is 17.5 Å². The van der Waals surface area contributed by atoms with Crippen molar-refractivity contribution in [2.75, 3.05) is 11.9 Å². The number of benzene rings is 1. The molecule has 0 spiro atoms. The lowest BCUT2D eigenvalue weighted by Crippen LogP contribution is -2.08. The summed E-state index contributed by atoms with van der Waals surface area (Å²) in [5.74, 6) is 1.42. The molecule has 100 valence electrons. The van der Waals surface area contributed by atoms with Crippen molar-refractivity contribution >= 4 is 5.82 Å². The normalized spacial score (nSPS) is 10.5. The van der Waals surface area contributed by atoms with Gasteiger partial charge in [-0.05, 0) is 50.5 Å². The Morgan fingerprint density at radius 2 is 1.89 bits per heavy atom. The smallest absolute Gasteiger partial charge is 0.129 e. The lowest BCUT2D eigenvalue weighted by molar-refractivity contribution is 0.625. The van der Waals surface area contributed by atoms with E-state index in [0.29, 0.717) is 0 Å². The number of nitrogens with one attached hydrogen (secondary N) is 1. The maximum Gasteiger partial charge on any atom is 0.129 e. The number of halogens is 1. The second-order valence-corrected chi connectivity index (χ2v) is 4.69. The SMILES string of the molecule is Cc1cc(NCCc2ccc(F)cc2C)nc(C)n1. The molecule has 4 heteroatoms. The minimum atomic E-state index is -0.184. The van der Waals surface area contributed by atoms with Gasteiger partial charge in [0.05, 0.1) is 0 Å². The molecule has 0 atom stereocenters. The Balaban J connectivity index is 1.96. The van der Waals surface area contributed by atoms with E-state index < -0.39 is 0 Å². The summed E-state index contributed by atoms with van der Waals surface area (Å²) >= 11 is 0. The molecule has 1 aromatic heterocycles. The molecule has 0 unspecified atom stereocenters. The number of aromatic nitrogens is 2. The van der Waals surface area contributed by atoms with E-state index in [0.717, 1.165) is 41.4 Å². The van der Waals surface area contributed by atoms with E-state index in [4.69, 9.17) is 0 Å². The molecule has 2 rings (SSSR count). The van der Waals surface area contributed by atoms with E-state index >= 15 is 0 Å². The molecule has 1 heterocycles. The van der Waals surface area contributed by atoms with Crippen molar-refractivity contribution in [1.29, 1.82) is 0 Å². The highest BCUT2D eigenvalue weighted by atomic mass is 19.1. The molecule has 3 nitrogen and oxygen atoms in total. The maximum atomic E-state index is 13.0. The van der Waals surface area contributed by atoms with Gasteiger partial charge in [0.15, 0.2) is 0 Å². The predicted octanol–water partition coefficient (Wildman–Crippen LogP) is 3.20. The molecule has 0 saturated heterocycles. The van der Waals surface area contributed by atoms with Gasteiger partial charge in [0.25, 0.3) is 0 Å². The highest BCUT2D eigenvalue weighted by Gasteiger charge is 2.01. The van der Waals surface area contributed by atoms with Crippen LogP contribution in [0, 0.1) is 26.6 Å². The number of anilines is 1. The first-order chi connectivity index (χ1) is 9.04. The third-order valence-electron chi connectivity index (χ3n) is 2.97. The van der Waals surface area contributed by atoms with Crippen molar-refractivity contribution in [3.05, 3.63) is 52.7 Å². The van der Waals surface area contributed by atoms with Gasteiger partial charge in [0, 0.05) is 18.3 Å². The molecule has 0 bridgehead atoms. The van der Waals surface area contributed by atoms with E-state index in [9.17, 15) is 4.39 Å². The second kappa shape index (κ2) is 5.78. The first-order valence-corrected chi connectivity index (χ1v) is 6.36. The third kappa shape index (κ3) is 3.74. The molecule has 1 aromatic carbocycles. The fourth-order valence-corrected chi connectivity index (χ4v) is 2.07. The Kier molecular flexibility index (Phi) is 4.10. The van der Waals surface area contributed by atoms with Gasteiger partial charge < -0.3 is 5.32 Å². The summed E-state index contributed by atoms with van der Waals surface area (Å²) in [4.78, 5) is 8.55. The van der Waals surface area contributed by atoms with E-state index in [1.54, 1.807) is 6.07 Å². The molecule has 1 N–H and O–H groups in total. The van der Waals surface area contributed by atoms with Gasteiger partial charge in [-0.2, -0.15) is 0 Å². The van der Waals surface area contributed by atoms with Gasteiger partial charge in [-0.25, -0.2) is 14.4 Å². The number of nitrogens with zero attached hydrogens (tertiary/aromatic N) is 2. The van der Waals surface area contributed by atoms with Crippen molar-refractivity contribution in [2.24, 2.45) is 0 Å². The lowest BCUT2D eigenvalue weighted by Gasteiger charge is -2.09. The molecule has 2 aromatic rings. The van der Waals surface area contributed by atoms with Crippen molar-refractivity contribution in [3.8, 4) is 0 Å². The third-order valence-corrected chi connectivity index (χ3v) is 2.97. The molecule has 0 aliphatic rings. The Morgan fingerprint density at radius 1 is 1.11 bits per heavy atom. The van der Waals surface area contributed by atoms with E-state index in [2.05, 4.69) is 15.3 Å². The fourth-order valence-electron chi connectivity index (χ4n) is 2.07. The van der Waals surface area contributed by atoms with Gasteiger partial charge in [-0.3, -0.25) is 0 Å². The van der Waals surface area contributed by atoms with Crippen LogP contribution in [0.5, 0.6) is 0 Å². The summed E-state index contributed by atoms with van der Waals surface area (Å²) in [6.45, 7) is 6.52. The van der Waals surface area contributed by atoms with Crippen LogP contribution < -0.4 is 5.32 Å². The van der Waals surface area contributed by atoms with Gasteiger partial charge in [0.2, 0.25) is 0 Å². The zero-order valence-corrected chi connectivity index (χ0v) is 11.5.